The van der Waals surface area contributed by atoms with Crippen LogP contribution in [0.25, 0.3) is 22.0 Å². The summed E-state index contributed by atoms with van der Waals surface area (Å²) in [5, 5.41) is 11.2. The van der Waals surface area contributed by atoms with Crippen molar-refractivity contribution in [1.29, 1.82) is 0 Å². The molecule has 3 aromatic heterocycles. The lowest BCUT2D eigenvalue weighted by atomic mass is 9.94. The normalized spacial score (nSPS) is 13.0. The molecule has 0 N–H and O–H groups in total. The zero-order valence-electron chi connectivity index (χ0n) is 24.3. The van der Waals surface area contributed by atoms with E-state index in [1.807, 2.05) is 35.4 Å². The van der Waals surface area contributed by atoms with Crippen LogP contribution >= 0.6 is 23.4 Å². The number of carbonyl (C=O) groups is 2. The van der Waals surface area contributed by atoms with Crippen molar-refractivity contribution in [3.63, 3.8) is 0 Å². The van der Waals surface area contributed by atoms with Crippen LogP contribution in [0.5, 0.6) is 0 Å². The van der Waals surface area contributed by atoms with Crippen molar-refractivity contribution >= 4 is 46.2 Å². The van der Waals surface area contributed by atoms with E-state index in [1.54, 1.807) is 11.8 Å². The number of benzene rings is 1. The highest BCUT2D eigenvalue weighted by Crippen LogP contribution is 2.44. The zero-order valence-corrected chi connectivity index (χ0v) is 25.8. The first-order valence-corrected chi connectivity index (χ1v) is 15.5. The van der Waals surface area contributed by atoms with Crippen molar-refractivity contribution in [2.45, 2.75) is 70.5 Å². The fraction of sp³-hybridized carbons (Fsp3) is 0.467. The van der Waals surface area contributed by atoms with Crippen LogP contribution in [0.15, 0.2) is 18.2 Å². The summed E-state index contributed by atoms with van der Waals surface area (Å²) in [5.74, 6) is 0.674. The third-order valence-electron chi connectivity index (χ3n) is 7.86. The number of thioether (sulfide) groups is 1. The fourth-order valence-electron chi connectivity index (χ4n) is 5.91. The number of aryl methyl sites for hydroxylation is 5. The molecule has 0 spiro atoms. The lowest BCUT2D eigenvalue weighted by Gasteiger charge is -2.16. The molecule has 0 fully saturated rings. The van der Waals surface area contributed by atoms with E-state index >= 15 is 0 Å². The predicted molar refractivity (Wildman–Crippen MR) is 161 cm³/mol. The smallest absolute Gasteiger partial charge is 0.354 e. The SMILES string of the molecule is CCc1cc(CSCc2nn3c(c2-c2c(Cl)ccc4c2c(C)c(C(=O)OC)n4CCC(=O)OC)CCCC3)nn1C. The van der Waals surface area contributed by atoms with Gasteiger partial charge in [0.25, 0.3) is 0 Å². The molecule has 41 heavy (non-hydrogen) atoms. The second kappa shape index (κ2) is 12.3. The van der Waals surface area contributed by atoms with Gasteiger partial charge in [0, 0.05) is 70.1 Å². The minimum atomic E-state index is -0.458. The molecule has 1 aromatic carbocycles. The summed E-state index contributed by atoms with van der Waals surface area (Å²) in [5.41, 5.74) is 8.36. The summed E-state index contributed by atoms with van der Waals surface area (Å²) < 4.78 is 16.0. The third kappa shape index (κ3) is 5.51. The number of aromatic nitrogens is 5. The average Bonchev–Trinajstić information content (AvgIpc) is 3.61. The van der Waals surface area contributed by atoms with E-state index in [-0.39, 0.29) is 18.9 Å². The Morgan fingerprint density at radius 1 is 1.10 bits per heavy atom. The van der Waals surface area contributed by atoms with E-state index in [9.17, 15) is 9.59 Å². The highest BCUT2D eigenvalue weighted by Gasteiger charge is 2.29. The van der Waals surface area contributed by atoms with Crippen molar-refractivity contribution in [3.8, 4) is 11.1 Å². The van der Waals surface area contributed by atoms with Gasteiger partial charge < -0.3 is 14.0 Å². The fourth-order valence-corrected chi connectivity index (χ4v) is 7.01. The highest BCUT2D eigenvalue weighted by atomic mass is 35.5. The maximum atomic E-state index is 13.0. The molecular formula is C30H36ClN5O4S. The van der Waals surface area contributed by atoms with Crippen molar-refractivity contribution in [2.75, 3.05) is 14.2 Å². The standard InChI is InChI=1S/C30H36ClN5O4S/c1-6-20-15-19(32-34(20)3)16-41-17-22-28(24-9-7-8-13-36(24)33-22)27-21(31)10-11-23-26(27)18(2)29(30(38)40-5)35(23)14-12-25(37)39-4/h10-11,15H,6-9,12-14,16-17H2,1-5H3. The van der Waals surface area contributed by atoms with E-state index in [4.69, 9.17) is 26.2 Å². The number of ether oxygens (including phenoxy) is 2. The number of halogens is 1. The molecular weight excluding hydrogens is 562 g/mol. The van der Waals surface area contributed by atoms with Gasteiger partial charge in [0.1, 0.15) is 5.69 Å². The Bertz CT molecular complexity index is 1620. The van der Waals surface area contributed by atoms with Crippen LogP contribution in [-0.2, 0) is 58.8 Å². The molecule has 0 saturated carbocycles. The molecule has 0 saturated heterocycles. The first-order chi connectivity index (χ1) is 19.8. The molecule has 4 aromatic rings. The molecule has 1 aliphatic heterocycles. The van der Waals surface area contributed by atoms with Gasteiger partial charge in [0.2, 0.25) is 0 Å². The molecule has 1 aliphatic rings. The van der Waals surface area contributed by atoms with Crippen molar-refractivity contribution < 1.29 is 19.1 Å². The number of hydrogen-bond acceptors (Lipinski definition) is 7. The number of fused-ring (bicyclic) bond motifs is 2. The Hall–Kier alpha value is -3.24. The molecule has 218 valence electrons. The van der Waals surface area contributed by atoms with Gasteiger partial charge in [-0.15, -0.1) is 11.8 Å². The monoisotopic (exact) mass is 597 g/mol. The van der Waals surface area contributed by atoms with Crippen molar-refractivity contribution in [1.82, 2.24) is 24.1 Å². The highest BCUT2D eigenvalue weighted by molar-refractivity contribution is 7.97. The van der Waals surface area contributed by atoms with Crippen LogP contribution < -0.4 is 0 Å². The molecule has 0 radical (unpaired) electrons. The first-order valence-electron chi connectivity index (χ1n) is 13.9. The van der Waals surface area contributed by atoms with E-state index in [0.717, 1.165) is 77.0 Å². The lowest BCUT2D eigenvalue weighted by Crippen LogP contribution is -2.14. The summed E-state index contributed by atoms with van der Waals surface area (Å²) in [6.45, 7) is 5.20. The third-order valence-corrected chi connectivity index (χ3v) is 9.15. The number of nitrogens with zero attached hydrogens (tertiary/aromatic N) is 5. The van der Waals surface area contributed by atoms with Gasteiger partial charge in [0.15, 0.2) is 0 Å². The lowest BCUT2D eigenvalue weighted by molar-refractivity contribution is -0.140. The largest absolute Gasteiger partial charge is 0.469 e. The van der Waals surface area contributed by atoms with Crippen LogP contribution in [0, 0.1) is 6.92 Å². The number of methoxy groups -OCH3 is 2. The van der Waals surface area contributed by atoms with E-state index in [1.165, 1.54) is 25.6 Å². The molecule has 0 aliphatic carbocycles. The van der Waals surface area contributed by atoms with Crippen LogP contribution in [-0.4, -0.2) is 50.3 Å². The maximum Gasteiger partial charge on any atom is 0.354 e. The summed E-state index contributed by atoms with van der Waals surface area (Å²) >= 11 is 8.80. The maximum absolute atomic E-state index is 13.0. The quantitative estimate of drug-likeness (QED) is 0.211. The van der Waals surface area contributed by atoms with E-state index in [0.29, 0.717) is 16.5 Å². The second-order valence-corrected chi connectivity index (χ2v) is 11.7. The number of carbonyl (C=O) groups excluding carboxylic acids is 2. The summed E-state index contributed by atoms with van der Waals surface area (Å²) in [4.78, 5) is 25.1. The topological polar surface area (TPSA) is 93.2 Å². The Balaban J connectivity index is 1.62. The Labute approximate surface area is 249 Å². The molecule has 0 bridgehead atoms. The van der Waals surface area contributed by atoms with Crippen LogP contribution in [0.2, 0.25) is 5.02 Å². The molecule has 9 nitrogen and oxygen atoms in total. The van der Waals surface area contributed by atoms with Gasteiger partial charge in [0.05, 0.1) is 32.0 Å². The summed E-state index contributed by atoms with van der Waals surface area (Å²) in [6.07, 6.45) is 4.15. The minimum Gasteiger partial charge on any atom is -0.469 e. The van der Waals surface area contributed by atoms with Gasteiger partial charge in [-0.2, -0.15) is 10.2 Å². The van der Waals surface area contributed by atoms with Crippen LogP contribution in [0.4, 0.5) is 0 Å². The Morgan fingerprint density at radius 3 is 2.61 bits per heavy atom. The zero-order chi connectivity index (χ0) is 29.3. The van der Waals surface area contributed by atoms with Crippen molar-refractivity contribution in [2.24, 2.45) is 7.05 Å². The van der Waals surface area contributed by atoms with Crippen molar-refractivity contribution in [3.05, 3.63) is 57.3 Å². The minimum absolute atomic E-state index is 0.125. The molecule has 0 unspecified atom stereocenters. The number of hydrogen-bond donors (Lipinski definition) is 0. The summed E-state index contributed by atoms with van der Waals surface area (Å²) in [6, 6.07) is 5.95. The van der Waals surface area contributed by atoms with Crippen LogP contribution in [0.1, 0.15) is 65.0 Å². The van der Waals surface area contributed by atoms with Gasteiger partial charge in [-0.25, -0.2) is 4.79 Å². The molecule has 0 amide bonds. The van der Waals surface area contributed by atoms with Gasteiger partial charge in [-0.1, -0.05) is 18.5 Å². The average molecular weight is 598 g/mol. The van der Waals surface area contributed by atoms with E-state index < -0.39 is 5.97 Å². The molecule has 4 heterocycles. The predicted octanol–water partition coefficient (Wildman–Crippen LogP) is 5.88. The Kier molecular flexibility index (Phi) is 8.79. The molecule has 0 atom stereocenters. The summed E-state index contributed by atoms with van der Waals surface area (Å²) in [7, 11) is 4.71. The molecule has 5 rings (SSSR count). The Morgan fingerprint density at radius 2 is 1.90 bits per heavy atom. The number of rotatable bonds is 10. The molecule has 11 heteroatoms. The second-order valence-electron chi connectivity index (χ2n) is 10.3. The van der Waals surface area contributed by atoms with E-state index in [2.05, 4.69) is 22.8 Å². The number of esters is 2. The van der Waals surface area contributed by atoms with Gasteiger partial charge in [-0.3, -0.25) is 14.2 Å². The van der Waals surface area contributed by atoms with Gasteiger partial charge >= 0.3 is 11.9 Å². The van der Waals surface area contributed by atoms with Gasteiger partial charge in [-0.05, 0) is 56.4 Å². The first kappa shape index (κ1) is 29.3. The van der Waals surface area contributed by atoms with Crippen LogP contribution in [0.3, 0.4) is 0 Å².